The fraction of sp³-hybridized carbons (Fsp3) is 0.636. The summed E-state index contributed by atoms with van der Waals surface area (Å²) in [6.07, 6.45) is 4.85. The van der Waals surface area contributed by atoms with E-state index in [2.05, 4.69) is 27.5 Å². The predicted molar refractivity (Wildman–Crippen MR) is 67.6 cm³/mol. The lowest BCUT2D eigenvalue weighted by molar-refractivity contribution is 0.830. The molecule has 1 aromatic rings. The van der Waals surface area contributed by atoms with E-state index in [4.69, 9.17) is 5.73 Å². The van der Waals surface area contributed by atoms with Crippen LogP contribution in [0.4, 0.5) is 11.6 Å². The summed E-state index contributed by atoms with van der Waals surface area (Å²) in [4.78, 5) is 8.29. The van der Waals surface area contributed by atoms with Gasteiger partial charge in [0, 0.05) is 19.2 Å². The summed E-state index contributed by atoms with van der Waals surface area (Å²) in [6.45, 7) is 4.67. The molecule has 0 saturated carbocycles. The van der Waals surface area contributed by atoms with Crippen LogP contribution in [0.25, 0.3) is 0 Å². The predicted octanol–water partition coefficient (Wildman–Crippen LogP) is 1.45. The molecule has 0 unspecified atom stereocenters. The van der Waals surface area contributed by atoms with Gasteiger partial charge in [-0.25, -0.2) is 9.97 Å². The number of nitrogens with one attached hydrogen (secondary N) is 2. The van der Waals surface area contributed by atoms with Gasteiger partial charge in [-0.3, -0.25) is 0 Å². The molecule has 0 aliphatic rings. The molecule has 90 valence electrons. The Morgan fingerprint density at radius 2 is 1.75 bits per heavy atom. The molecule has 0 fully saturated rings. The van der Waals surface area contributed by atoms with Crippen molar-refractivity contribution in [2.75, 3.05) is 30.3 Å². The number of hydrogen-bond acceptors (Lipinski definition) is 5. The zero-order valence-corrected chi connectivity index (χ0v) is 9.87. The van der Waals surface area contributed by atoms with Gasteiger partial charge in [0.05, 0.1) is 0 Å². The van der Waals surface area contributed by atoms with E-state index >= 15 is 0 Å². The van der Waals surface area contributed by atoms with Gasteiger partial charge in [0.1, 0.15) is 18.0 Å². The summed E-state index contributed by atoms with van der Waals surface area (Å²) >= 11 is 0. The molecule has 0 spiro atoms. The van der Waals surface area contributed by atoms with Crippen LogP contribution < -0.4 is 16.4 Å². The topological polar surface area (TPSA) is 75.9 Å². The van der Waals surface area contributed by atoms with Crippen LogP contribution >= 0.6 is 0 Å². The second-order valence-electron chi connectivity index (χ2n) is 3.64. The standard InChI is InChI=1S/C11H21N5/c1-2-3-6-13-10-8-11(16-9-15-10)14-7-4-5-12/h8-9H,2-7,12H2,1H3,(H2,13,14,15,16). The Morgan fingerprint density at radius 1 is 1.12 bits per heavy atom. The van der Waals surface area contributed by atoms with Crippen molar-refractivity contribution in [3.8, 4) is 0 Å². The van der Waals surface area contributed by atoms with E-state index in [0.717, 1.165) is 37.6 Å². The number of aromatic nitrogens is 2. The minimum atomic E-state index is 0.694. The van der Waals surface area contributed by atoms with Crippen LogP contribution in [0.5, 0.6) is 0 Å². The fourth-order valence-electron chi connectivity index (χ4n) is 1.26. The van der Waals surface area contributed by atoms with Crippen molar-refractivity contribution in [1.82, 2.24) is 9.97 Å². The van der Waals surface area contributed by atoms with E-state index in [1.807, 2.05) is 6.07 Å². The fourth-order valence-corrected chi connectivity index (χ4v) is 1.26. The lowest BCUT2D eigenvalue weighted by Gasteiger charge is -2.07. The molecule has 0 atom stereocenters. The van der Waals surface area contributed by atoms with Crippen LogP contribution in [0.3, 0.4) is 0 Å². The van der Waals surface area contributed by atoms with Gasteiger partial charge in [0.15, 0.2) is 0 Å². The van der Waals surface area contributed by atoms with Crippen LogP contribution in [0.2, 0.25) is 0 Å². The average Bonchev–Trinajstić information content (AvgIpc) is 2.30. The first-order valence-electron chi connectivity index (χ1n) is 5.86. The van der Waals surface area contributed by atoms with Gasteiger partial charge in [-0.2, -0.15) is 0 Å². The molecule has 0 aliphatic carbocycles. The molecule has 0 bridgehead atoms. The summed E-state index contributed by atoms with van der Waals surface area (Å²) in [6, 6.07) is 1.92. The third kappa shape index (κ3) is 4.93. The Kier molecular flexibility index (Phi) is 6.25. The molecule has 0 aliphatic heterocycles. The quantitative estimate of drug-likeness (QED) is 0.582. The zero-order chi connectivity index (χ0) is 11.6. The van der Waals surface area contributed by atoms with E-state index in [9.17, 15) is 0 Å². The summed E-state index contributed by atoms with van der Waals surface area (Å²) < 4.78 is 0. The smallest absolute Gasteiger partial charge is 0.131 e. The summed E-state index contributed by atoms with van der Waals surface area (Å²) in [7, 11) is 0. The highest BCUT2D eigenvalue weighted by atomic mass is 15.1. The third-order valence-corrected chi connectivity index (χ3v) is 2.19. The van der Waals surface area contributed by atoms with E-state index in [0.29, 0.717) is 6.54 Å². The van der Waals surface area contributed by atoms with Crippen LogP contribution in [-0.4, -0.2) is 29.6 Å². The van der Waals surface area contributed by atoms with Crippen molar-refractivity contribution in [2.24, 2.45) is 5.73 Å². The van der Waals surface area contributed by atoms with E-state index in [1.54, 1.807) is 6.33 Å². The maximum absolute atomic E-state index is 5.42. The molecule has 1 rings (SSSR count). The third-order valence-electron chi connectivity index (χ3n) is 2.19. The summed E-state index contributed by atoms with van der Waals surface area (Å²) in [5.41, 5.74) is 5.42. The van der Waals surface area contributed by atoms with Crippen molar-refractivity contribution >= 4 is 11.6 Å². The Morgan fingerprint density at radius 3 is 2.31 bits per heavy atom. The number of nitrogens with two attached hydrogens (primary N) is 1. The maximum atomic E-state index is 5.42. The SMILES string of the molecule is CCCCNc1cc(NCCCN)ncn1. The van der Waals surface area contributed by atoms with Gasteiger partial charge in [0.25, 0.3) is 0 Å². The minimum absolute atomic E-state index is 0.694. The largest absolute Gasteiger partial charge is 0.370 e. The molecule has 4 N–H and O–H groups in total. The molecule has 0 saturated heterocycles. The number of rotatable bonds is 8. The van der Waals surface area contributed by atoms with Crippen LogP contribution in [0, 0.1) is 0 Å². The van der Waals surface area contributed by atoms with Gasteiger partial charge in [-0.1, -0.05) is 13.3 Å². The molecule has 0 amide bonds. The van der Waals surface area contributed by atoms with Gasteiger partial charge in [0.2, 0.25) is 0 Å². The molecule has 0 aromatic carbocycles. The molecular formula is C11H21N5. The van der Waals surface area contributed by atoms with E-state index < -0.39 is 0 Å². The number of anilines is 2. The second-order valence-corrected chi connectivity index (χ2v) is 3.64. The zero-order valence-electron chi connectivity index (χ0n) is 9.87. The van der Waals surface area contributed by atoms with Gasteiger partial charge in [-0.15, -0.1) is 0 Å². The maximum Gasteiger partial charge on any atom is 0.131 e. The van der Waals surface area contributed by atoms with Crippen LogP contribution in [0.1, 0.15) is 26.2 Å². The lowest BCUT2D eigenvalue weighted by Crippen LogP contribution is -2.10. The molecular weight excluding hydrogens is 202 g/mol. The highest BCUT2D eigenvalue weighted by molar-refractivity contribution is 5.46. The molecule has 16 heavy (non-hydrogen) atoms. The lowest BCUT2D eigenvalue weighted by atomic mass is 10.3. The van der Waals surface area contributed by atoms with Gasteiger partial charge < -0.3 is 16.4 Å². The van der Waals surface area contributed by atoms with Crippen LogP contribution in [0.15, 0.2) is 12.4 Å². The molecule has 1 aromatic heterocycles. The minimum Gasteiger partial charge on any atom is -0.370 e. The second kappa shape index (κ2) is 7.87. The monoisotopic (exact) mass is 223 g/mol. The average molecular weight is 223 g/mol. The van der Waals surface area contributed by atoms with E-state index in [1.165, 1.54) is 6.42 Å². The van der Waals surface area contributed by atoms with Crippen LogP contribution in [-0.2, 0) is 0 Å². The first-order chi connectivity index (χ1) is 7.86. The molecule has 5 nitrogen and oxygen atoms in total. The summed E-state index contributed by atoms with van der Waals surface area (Å²) in [5.74, 6) is 1.72. The molecule has 5 heteroatoms. The molecule has 0 radical (unpaired) electrons. The van der Waals surface area contributed by atoms with Gasteiger partial charge in [-0.05, 0) is 19.4 Å². The molecule has 1 heterocycles. The Labute approximate surface area is 96.9 Å². The van der Waals surface area contributed by atoms with E-state index in [-0.39, 0.29) is 0 Å². The first kappa shape index (κ1) is 12.7. The van der Waals surface area contributed by atoms with Crippen molar-refractivity contribution in [3.05, 3.63) is 12.4 Å². The highest BCUT2D eigenvalue weighted by Gasteiger charge is 1.97. The van der Waals surface area contributed by atoms with Gasteiger partial charge >= 0.3 is 0 Å². The van der Waals surface area contributed by atoms with Crippen molar-refractivity contribution in [3.63, 3.8) is 0 Å². The van der Waals surface area contributed by atoms with Crippen molar-refractivity contribution < 1.29 is 0 Å². The van der Waals surface area contributed by atoms with Crippen molar-refractivity contribution in [1.29, 1.82) is 0 Å². The Hall–Kier alpha value is -1.36. The Bertz CT molecular complexity index is 264. The number of nitrogens with zero attached hydrogens (tertiary/aromatic N) is 2. The highest BCUT2D eigenvalue weighted by Crippen LogP contribution is 2.08. The normalized spacial score (nSPS) is 10.1. The number of hydrogen-bond donors (Lipinski definition) is 3. The first-order valence-corrected chi connectivity index (χ1v) is 5.86. The Balaban J connectivity index is 2.37. The summed E-state index contributed by atoms with van der Waals surface area (Å²) in [5, 5.41) is 6.47. The van der Waals surface area contributed by atoms with Crippen molar-refractivity contribution in [2.45, 2.75) is 26.2 Å². The number of unbranched alkanes of at least 4 members (excludes halogenated alkanes) is 1.